The summed E-state index contributed by atoms with van der Waals surface area (Å²) >= 11 is 0. The van der Waals surface area contributed by atoms with Crippen LogP contribution < -0.4 is 11.1 Å². The normalized spacial score (nSPS) is 19.1. The number of hydrogen-bond donors (Lipinski definition) is 2. The smallest absolute Gasteiger partial charge is 0.259 e. The number of fused-ring (bicyclic) bond motifs is 2. The van der Waals surface area contributed by atoms with E-state index in [1.165, 1.54) is 6.26 Å². The van der Waals surface area contributed by atoms with Gasteiger partial charge in [0, 0.05) is 37.2 Å². The second kappa shape index (κ2) is 5.80. The Morgan fingerprint density at radius 2 is 2.11 bits per heavy atom. The van der Waals surface area contributed by atoms with Gasteiger partial charge in [0.05, 0.1) is 22.1 Å². The maximum Gasteiger partial charge on any atom is 0.259 e. The number of Topliss-reactive ketones (excluding diaryl/α,β-unsaturated/α-hetero) is 1. The molecule has 4 rings (SSSR count). The van der Waals surface area contributed by atoms with E-state index >= 15 is 0 Å². The van der Waals surface area contributed by atoms with Crippen LogP contribution in [0.25, 0.3) is 10.9 Å². The number of hydrogen-bond acceptors (Lipinski definition) is 5. The van der Waals surface area contributed by atoms with Crippen LogP contribution in [0.4, 0.5) is 5.69 Å². The van der Waals surface area contributed by atoms with E-state index in [1.54, 1.807) is 29.8 Å². The molecule has 0 spiro atoms. The molecule has 2 amide bonds. The van der Waals surface area contributed by atoms with E-state index in [4.69, 9.17) is 10.2 Å². The summed E-state index contributed by atoms with van der Waals surface area (Å²) in [5.74, 6) is -1.01. The number of benzene rings is 1. The Kier molecular flexibility index (Phi) is 3.66. The average molecular weight is 366 g/mol. The van der Waals surface area contributed by atoms with Gasteiger partial charge in [0.25, 0.3) is 5.91 Å². The Balaban J connectivity index is 1.62. The first-order valence-corrected chi connectivity index (χ1v) is 8.45. The highest BCUT2D eigenvalue weighted by atomic mass is 16.3. The highest BCUT2D eigenvalue weighted by molar-refractivity contribution is 6.14. The molecule has 27 heavy (non-hydrogen) atoms. The van der Waals surface area contributed by atoms with E-state index in [9.17, 15) is 14.4 Å². The van der Waals surface area contributed by atoms with Gasteiger partial charge >= 0.3 is 0 Å². The van der Waals surface area contributed by atoms with Crippen molar-refractivity contribution in [3.8, 4) is 0 Å². The molecule has 2 heterocycles. The highest BCUT2D eigenvalue weighted by Crippen LogP contribution is 2.37. The van der Waals surface area contributed by atoms with E-state index < -0.39 is 17.2 Å². The third-order valence-electron chi connectivity index (χ3n) is 4.96. The predicted octanol–water partition coefficient (Wildman–Crippen LogP) is 2.04. The Morgan fingerprint density at radius 1 is 1.33 bits per heavy atom. The zero-order valence-electron chi connectivity index (χ0n) is 14.9. The third-order valence-corrected chi connectivity index (χ3v) is 4.96. The van der Waals surface area contributed by atoms with Gasteiger partial charge in [-0.05, 0) is 25.1 Å². The number of carbonyl (C=O) groups is 3. The summed E-state index contributed by atoms with van der Waals surface area (Å²) in [6.07, 6.45) is 3.25. The zero-order valence-corrected chi connectivity index (χ0v) is 14.9. The Labute approximate surface area is 154 Å². The number of carbonyl (C=O) groups excluding carboxylic acids is 3. The number of ketones is 1. The van der Waals surface area contributed by atoms with Crippen molar-refractivity contribution in [3.05, 3.63) is 47.5 Å². The van der Waals surface area contributed by atoms with E-state index in [-0.39, 0.29) is 29.8 Å². The number of nitrogens with one attached hydrogen (secondary N) is 1. The van der Waals surface area contributed by atoms with Crippen molar-refractivity contribution in [2.24, 2.45) is 18.2 Å². The quantitative estimate of drug-likeness (QED) is 0.735. The Hall–Kier alpha value is -3.42. The van der Waals surface area contributed by atoms with Crippen molar-refractivity contribution < 1.29 is 18.8 Å². The molecule has 1 unspecified atom stereocenters. The molecular weight excluding hydrogens is 348 g/mol. The van der Waals surface area contributed by atoms with Crippen molar-refractivity contribution in [3.63, 3.8) is 0 Å². The van der Waals surface area contributed by atoms with Crippen molar-refractivity contribution in [1.82, 2.24) is 9.78 Å². The molecule has 1 aromatic carbocycles. The van der Waals surface area contributed by atoms with E-state index in [0.717, 1.165) is 10.9 Å². The molecule has 1 atom stereocenters. The summed E-state index contributed by atoms with van der Waals surface area (Å²) in [6.45, 7) is 1.63. The van der Waals surface area contributed by atoms with E-state index in [0.29, 0.717) is 11.4 Å². The molecule has 2 aromatic heterocycles. The maximum absolute atomic E-state index is 12.7. The number of aryl methyl sites for hydroxylation is 1. The van der Waals surface area contributed by atoms with Crippen LogP contribution >= 0.6 is 0 Å². The number of nitrogens with zero attached hydrogens (tertiary/aromatic N) is 2. The van der Waals surface area contributed by atoms with Crippen molar-refractivity contribution in [2.75, 3.05) is 5.32 Å². The second-order valence-electron chi connectivity index (χ2n) is 7.18. The summed E-state index contributed by atoms with van der Waals surface area (Å²) in [7, 11) is 1.82. The molecule has 8 nitrogen and oxygen atoms in total. The average Bonchev–Trinajstić information content (AvgIpc) is 3.16. The zero-order chi connectivity index (χ0) is 19.3. The number of aromatic nitrogens is 2. The van der Waals surface area contributed by atoms with Gasteiger partial charge in [-0.2, -0.15) is 5.10 Å². The van der Waals surface area contributed by atoms with Gasteiger partial charge in [0.1, 0.15) is 12.0 Å². The first-order chi connectivity index (χ1) is 12.8. The van der Waals surface area contributed by atoms with E-state index in [1.807, 2.05) is 13.2 Å². The van der Waals surface area contributed by atoms with Gasteiger partial charge in [0.2, 0.25) is 5.91 Å². The van der Waals surface area contributed by atoms with E-state index in [2.05, 4.69) is 10.4 Å². The first kappa shape index (κ1) is 17.0. The van der Waals surface area contributed by atoms with Gasteiger partial charge in [-0.15, -0.1) is 0 Å². The van der Waals surface area contributed by atoms with Crippen LogP contribution in [-0.4, -0.2) is 27.4 Å². The number of amides is 2. The third kappa shape index (κ3) is 2.79. The number of anilines is 1. The lowest BCUT2D eigenvalue weighted by atomic mass is 9.73. The lowest BCUT2D eigenvalue weighted by Gasteiger charge is -2.28. The van der Waals surface area contributed by atoms with Crippen LogP contribution in [0.3, 0.4) is 0 Å². The summed E-state index contributed by atoms with van der Waals surface area (Å²) in [4.78, 5) is 36.9. The SMILES string of the molecule is Cn1cc2cc(NC(=O)c3coc4c3C(=O)CC(C)(C(N)=O)C4)ccc2n1. The fraction of sp³-hybridized carbons (Fsp3) is 0.263. The summed E-state index contributed by atoms with van der Waals surface area (Å²) in [6, 6.07) is 5.35. The van der Waals surface area contributed by atoms with Crippen LogP contribution in [0.5, 0.6) is 0 Å². The maximum atomic E-state index is 12.7. The lowest BCUT2D eigenvalue weighted by molar-refractivity contribution is -0.127. The molecule has 0 bridgehead atoms. The number of furan rings is 1. The highest BCUT2D eigenvalue weighted by Gasteiger charge is 2.43. The molecule has 0 saturated carbocycles. The fourth-order valence-electron chi connectivity index (χ4n) is 3.46. The van der Waals surface area contributed by atoms with Gasteiger partial charge < -0.3 is 15.5 Å². The van der Waals surface area contributed by atoms with Crippen LogP contribution in [-0.2, 0) is 18.3 Å². The topological polar surface area (TPSA) is 120 Å². The number of rotatable bonds is 3. The number of primary amides is 1. The minimum atomic E-state index is -0.999. The Morgan fingerprint density at radius 3 is 2.85 bits per heavy atom. The molecule has 138 valence electrons. The first-order valence-electron chi connectivity index (χ1n) is 8.45. The molecule has 3 aromatic rings. The predicted molar refractivity (Wildman–Crippen MR) is 97.3 cm³/mol. The van der Waals surface area contributed by atoms with Crippen LogP contribution in [0.1, 0.15) is 39.8 Å². The fourth-order valence-corrected chi connectivity index (χ4v) is 3.46. The molecule has 1 aliphatic rings. The molecule has 0 radical (unpaired) electrons. The Bertz CT molecular complexity index is 1110. The van der Waals surface area contributed by atoms with Crippen LogP contribution in [0.15, 0.2) is 35.1 Å². The van der Waals surface area contributed by atoms with Crippen molar-refractivity contribution in [2.45, 2.75) is 19.8 Å². The van der Waals surface area contributed by atoms with Gasteiger partial charge in [-0.3, -0.25) is 19.1 Å². The number of nitrogens with two attached hydrogens (primary N) is 1. The molecule has 3 N–H and O–H groups in total. The molecule has 0 fully saturated rings. The molecule has 0 saturated heterocycles. The minimum Gasteiger partial charge on any atom is -0.468 e. The minimum absolute atomic E-state index is 0.0449. The monoisotopic (exact) mass is 366 g/mol. The molecule has 8 heteroatoms. The van der Waals surface area contributed by atoms with Gasteiger partial charge in [-0.25, -0.2) is 0 Å². The summed E-state index contributed by atoms with van der Waals surface area (Å²) < 4.78 is 7.12. The summed E-state index contributed by atoms with van der Waals surface area (Å²) in [5.41, 5.74) is 6.21. The van der Waals surface area contributed by atoms with Gasteiger partial charge in [-0.1, -0.05) is 0 Å². The van der Waals surface area contributed by atoms with Gasteiger partial charge in [0.15, 0.2) is 5.78 Å². The largest absolute Gasteiger partial charge is 0.468 e. The molecule has 1 aliphatic carbocycles. The van der Waals surface area contributed by atoms with Crippen LogP contribution in [0.2, 0.25) is 0 Å². The second-order valence-corrected chi connectivity index (χ2v) is 7.18. The standard InChI is InChI=1S/C19H18N4O4/c1-19(18(20)26)6-14(24)16-12(9-27-15(16)7-19)17(25)21-11-3-4-13-10(5-11)8-23(2)22-13/h3-5,8-9H,6-7H2,1-2H3,(H2,20,26)(H,21,25). The summed E-state index contributed by atoms with van der Waals surface area (Å²) in [5, 5.41) is 7.95. The van der Waals surface area contributed by atoms with Crippen molar-refractivity contribution in [1.29, 1.82) is 0 Å². The molecular formula is C19H18N4O4. The van der Waals surface area contributed by atoms with Crippen molar-refractivity contribution >= 4 is 34.2 Å². The molecule has 0 aliphatic heterocycles. The van der Waals surface area contributed by atoms with Crippen LogP contribution in [0, 0.1) is 5.41 Å². The lowest BCUT2D eigenvalue weighted by Crippen LogP contribution is -2.41.